The minimum atomic E-state index is -0.170. The van der Waals surface area contributed by atoms with Crippen molar-refractivity contribution in [3.05, 3.63) is 23.1 Å². The van der Waals surface area contributed by atoms with Crippen molar-refractivity contribution in [2.45, 2.75) is 26.3 Å². The minimum Gasteiger partial charge on any atom is -0.466 e. The monoisotopic (exact) mass is 265 g/mol. The highest BCUT2D eigenvalue weighted by Gasteiger charge is 2.06. The van der Waals surface area contributed by atoms with Crippen LogP contribution in [0.25, 0.3) is 11.2 Å². The van der Waals surface area contributed by atoms with Crippen LogP contribution < -0.4 is 0 Å². The van der Waals surface area contributed by atoms with Crippen LogP contribution in [-0.2, 0) is 16.1 Å². The first kappa shape index (κ1) is 12.8. The molecule has 0 bridgehead atoms. The van der Waals surface area contributed by atoms with E-state index in [1.807, 2.05) is 16.7 Å². The summed E-state index contributed by atoms with van der Waals surface area (Å²) in [5.41, 5.74) is 1.74. The first-order valence-corrected chi connectivity index (χ1v) is 6.32. The van der Waals surface area contributed by atoms with E-state index in [2.05, 4.69) is 9.97 Å². The van der Waals surface area contributed by atoms with Gasteiger partial charge in [0.2, 0.25) is 0 Å². The second-order valence-electron chi connectivity index (χ2n) is 3.86. The number of imidazole rings is 1. The number of fused-ring (bicyclic) bond motifs is 1. The molecule has 0 aliphatic carbocycles. The number of esters is 1. The molecule has 18 heavy (non-hydrogen) atoms. The van der Waals surface area contributed by atoms with Gasteiger partial charge < -0.3 is 14.3 Å². The van der Waals surface area contributed by atoms with Crippen LogP contribution in [0.1, 0.15) is 19.8 Å². The van der Waals surface area contributed by atoms with E-state index >= 15 is 0 Å². The zero-order valence-corrected chi connectivity index (χ0v) is 11.0. The molecule has 0 atom stereocenters. The smallest absolute Gasteiger partial charge is 0.305 e. The average molecular weight is 265 g/mol. The van der Waals surface area contributed by atoms with Crippen LogP contribution in [0, 0.1) is 4.77 Å². The number of pyridine rings is 1. The Morgan fingerprint density at radius 3 is 3.22 bits per heavy atom. The van der Waals surface area contributed by atoms with E-state index in [0.29, 0.717) is 30.8 Å². The van der Waals surface area contributed by atoms with Crippen molar-refractivity contribution in [3.63, 3.8) is 0 Å². The topological polar surface area (TPSA) is 59.9 Å². The number of aromatic nitrogens is 3. The van der Waals surface area contributed by atoms with Gasteiger partial charge >= 0.3 is 5.97 Å². The van der Waals surface area contributed by atoms with Gasteiger partial charge in [-0.25, -0.2) is 4.98 Å². The second-order valence-corrected chi connectivity index (χ2v) is 4.25. The van der Waals surface area contributed by atoms with E-state index in [1.165, 1.54) is 0 Å². The van der Waals surface area contributed by atoms with Gasteiger partial charge in [-0.3, -0.25) is 4.79 Å². The van der Waals surface area contributed by atoms with Crippen molar-refractivity contribution in [3.8, 4) is 0 Å². The van der Waals surface area contributed by atoms with Gasteiger partial charge in [-0.05, 0) is 37.7 Å². The molecule has 0 saturated carbocycles. The van der Waals surface area contributed by atoms with E-state index in [9.17, 15) is 4.79 Å². The molecule has 0 fully saturated rings. The molecule has 1 N–H and O–H groups in total. The molecule has 6 heteroatoms. The third-order valence-electron chi connectivity index (χ3n) is 2.60. The van der Waals surface area contributed by atoms with Crippen molar-refractivity contribution in [2.75, 3.05) is 6.61 Å². The van der Waals surface area contributed by atoms with Crippen molar-refractivity contribution in [1.29, 1.82) is 0 Å². The van der Waals surface area contributed by atoms with E-state index in [-0.39, 0.29) is 5.97 Å². The summed E-state index contributed by atoms with van der Waals surface area (Å²) >= 11 is 5.23. The lowest BCUT2D eigenvalue weighted by molar-refractivity contribution is -0.143. The van der Waals surface area contributed by atoms with Crippen molar-refractivity contribution in [1.82, 2.24) is 14.5 Å². The number of aromatic amines is 1. The van der Waals surface area contributed by atoms with Crippen LogP contribution in [0.3, 0.4) is 0 Å². The quantitative estimate of drug-likeness (QED) is 0.666. The lowest BCUT2D eigenvalue weighted by atomic mass is 10.3. The first-order valence-electron chi connectivity index (χ1n) is 5.91. The summed E-state index contributed by atoms with van der Waals surface area (Å²) in [6.07, 6.45) is 2.82. The summed E-state index contributed by atoms with van der Waals surface area (Å²) < 4.78 is 7.42. The number of ether oxygens (including phenoxy) is 1. The average Bonchev–Trinajstić information content (AvgIpc) is 2.66. The lowest BCUT2D eigenvalue weighted by Crippen LogP contribution is -2.06. The standard InChI is InChI=1S/C12H15N3O2S/c1-2-17-10(16)6-4-8-15-11-9(14-12(15)18)5-3-7-13-11/h3,5,7H,2,4,6,8H2,1H3,(H,14,18). The van der Waals surface area contributed by atoms with Crippen molar-refractivity contribution in [2.24, 2.45) is 0 Å². The molecule has 0 unspecified atom stereocenters. The zero-order chi connectivity index (χ0) is 13.0. The first-order chi connectivity index (χ1) is 8.72. The van der Waals surface area contributed by atoms with Gasteiger partial charge in [0, 0.05) is 19.2 Å². The van der Waals surface area contributed by atoms with Gasteiger partial charge in [-0.2, -0.15) is 0 Å². The maximum atomic E-state index is 11.2. The minimum absolute atomic E-state index is 0.170. The highest BCUT2D eigenvalue weighted by atomic mass is 32.1. The molecule has 96 valence electrons. The predicted octanol–water partition coefficient (Wildman–Crippen LogP) is 2.44. The number of carbonyl (C=O) groups is 1. The number of aryl methyl sites for hydroxylation is 1. The molecule has 0 amide bonds. The van der Waals surface area contributed by atoms with Crippen LogP contribution in [0.15, 0.2) is 18.3 Å². The summed E-state index contributed by atoms with van der Waals surface area (Å²) in [6, 6.07) is 3.79. The molecule has 0 radical (unpaired) electrons. The van der Waals surface area contributed by atoms with Crippen molar-refractivity contribution < 1.29 is 9.53 Å². The molecule has 5 nitrogen and oxygen atoms in total. The van der Waals surface area contributed by atoms with Crippen molar-refractivity contribution >= 4 is 29.4 Å². The third kappa shape index (κ3) is 2.76. The zero-order valence-electron chi connectivity index (χ0n) is 10.2. The Morgan fingerprint density at radius 2 is 2.44 bits per heavy atom. The summed E-state index contributed by atoms with van der Waals surface area (Å²) in [7, 11) is 0. The largest absolute Gasteiger partial charge is 0.466 e. The normalized spacial score (nSPS) is 10.7. The Hall–Kier alpha value is -1.69. The summed E-state index contributed by atoms with van der Waals surface area (Å²) in [5, 5.41) is 0. The molecule has 0 saturated heterocycles. The molecular formula is C12H15N3O2S. The lowest BCUT2D eigenvalue weighted by Gasteiger charge is -2.03. The Bertz CT molecular complexity index is 603. The van der Waals surface area contributed by atoms with Gasteiger partial charge in [-0.15, -0.1) is 0 Å². The van der Waals surface area contributed by atoms with Crippen LogP contribution in [0.2, 0.25) is 0 Å². The summed E-state index contributed by atoms with van der Waals surface area (Å²) in [4.78, 5) is 18.6. The Kier molecular flexibility index (Phi) is 4.09. The Labute approximate surface area is 110 Å². The maximum Gasteiger partial charge on any atom is 0.305 e. The number of carbonyl (C=O) groups excluding carboxylic acids is 1. The highest BCUT2D eigenvalue weighted by molar-refractivity contribution is 7.71. The molecule has 0 aromatic carbocycles. The molecule has 0 spiro atoms. The van der Waals surface area contributed by atoms with Crippen LogP contribution >= 0.6 is 12.2 Å². The van der Waals surface area contributed by atoms with Gasteiger partial charge in [0.15, 0.2) is 10.4 Å². The number of hydrogen-bond acceptors (Lipinski definition) is 4. The second kappa shape index (κ2) is 5.77. The molecule has 2 rings (SSSR count). The van der Waals surface area contributed by atoms with E-state index < -0.39 is 0 Å². The predicted molar refractivity (Wildman–Crippen MR) is 70.8 cm³/mol. The molecular weight excluding hydrogens is 250 g/mol. The number of nitrogens with zero attached hydrogens (tertiary/aromatic N) is 2. The molecule has 2 aromatic rings. The molecule has 2 aromatic heterocycles. The fraction of sp³-hybridized carbons (Fsp3) is 0.417. The Balaban J connectivity index is 2.06. The van der Waals surface area contributed by atoms with E-state index in [0.717, 1.165) is 11.2 Å². The fourth-order valence-corrected chi connectivity index (χ4v) is 2.10. The van der Waals surface area contributed by atoms with E-state index in [1.54, 1.807) is 13.1 Å². The van der Waals surface area contributed by atoms with Gasteiger partial charge in [0.1, 0.15) is 0 Å². The fourth-order valence-electron chi connectivity index (χ4n) is 1.81. The molecule has 0 aliphatic rings. The van der Waals surface area contributed by atoms with Gasteiger partial charge in [-0.1, -0.05) is 0 Å². The number of hydrogen-bond donors (Lipinski definition) is 1. The molecule has 2 heterocycles. The van der Waals surface area contributed by atoms with E-state index in [4.69, 9.17) is 17.0 Å². The third-order valence-corrected chi connectivity index (χ3v) is 2.92. The number of rotatable bonds is 5. The van der Waals surface area contributed by atoms with Gasteiger partial charge in [0.25, 0.3) is 0 Å². The van der Waals surface area contributed by atoms with Crippen LogP contribution in [-0.4, -0.2) is 27.1 Å². The SMILES string of the molecule is CCOC(=O)CCCn1c(=S)[nH]c2cccnc21. The summed E-state index contributed by atoms with van der Waals surface area (Å²) in [6.45, 7) is 2.89. The highest BCUT2D eigenvalue weighted by Crippen LogP contribution is 2.11. The van der Waals surface area contributed by atoms with Crippen LogP contribution in [0.5, 0.6) is 0 Å². The number of nitrogens with one attached hydrogen (secondary N) is 1. The van der Waals surface area contributed by atoms with Gasteiger partial charge in [0.05, 0.1) is 12.1 Å². The maximum absolute atomic E-state index is 11.2. The van der Waals surface area contributed by atoms with Crippen LogP contribution in [0.4, 0.5) is 0 Å². The number of H-pyrrole nitrogens is 1. The Morgan fingerprint density at radius 1 is 1.61 bits per heavy atom. The summed E-state index contributed by atoms with van der Waals surface area (Å²) in [5.74, 6) is -0.170. The molecule has 0 aliphatic heterocycles.